The minimum Gasteiger partial charge on any atom is -0.495 e. The standard InChI is InChI=1S/C8H14O2S/c1-11-6-7(9)8-4-2-3-5-10-8/h4,7,9H,2-3,5-6H2,1H3. The van der Waals surface area contributed by atoms with Crippen molar-refractivity contribution in [1.29, 1.82) is 0 Å². The zero-order valence-electron chi connectivity index (χ0n) is 6.75. The van der Waals surface area contributed by atoms with Crippen LogP contribution in [0.25, 0.3) is 0 Å². The van der Waals surface area contributed by atoms with Crippen molar-refractivity contribution in [3.8, 4) is 0 Å². The first-order valence-corrected chi connectivity index (χ1v) is 5.24. The Morgan fingerprint density at radius 1 is 1.82 bits per heavy atom. The van der Waals surface area contributed by atoms with Gasteiger partial charge in [0.15, 0.2) is 0 Å². The highest BCUT2D eigenvalue weighted by Gasteiger charge is 2.13. The van der Waals surface area contributed by atoms with Crippen LogP contribution in [-0.2, 0) is 4.74 Å². The lowest BCUT2D eigenvalue weighted by molar-refractivity contribution is 0.104. The molecule has 0 aliphatic carbocycles. The van der Waals surface area contributed by atoms with Crippen molar-refractivity contribution in [2.45, 2.75) is 18.9 Å². The molecule has 1 rings (SSSR count). The Hall–Kier alpha value is -0.150. The van der Waals surface area contributed by atoms with Crippen LogP contribution in [0.2, 0.25) is 0 Å². The molecule has 3 heteroatoms. The Bertz CT molecular complexity index is 145. The first kappa shape index (κ1) is 8.94. The molecule has 1 atom stereocenters. The van der Waals surface area contributed by atoms with Gasteiger partial charge in [0.1, 0.15) is 11.9 Å². The third-order valence-corrected chi connectivity index (χ3v) is 2.26. The molecule has 0 aromatic carbocycles. The van der Waals surface area contributed by atoms with E-state index in [2.05, 4.69) is 0 Å². The Kier molecular flexibility index (Phi) is 3.80. The second kappa shape index (κ2) is 4.67. The third-order valence-electron chi connectivity index (χ3n) is 1.62. The molecule has 1 aliphatic rings. The lowest BCUT2D eigenvalue weighted by Crippen LogP contribution is -2.18. The smallest absolute Gasteiger partial charge is 0.121 e. The molecular formula is C8H14O2S. The maximum Gasteiger partial charge on any atom is 0.121 e. The predicted octanol–water partition coefficient (Wildman–Crippen LogP) is 1.40. The van der Waals surface area contributed by atoms with E-state index in [-0.39, 0.29) is 0 Å². The van der Waals surface area contributed by atoms with E-state index in [4.69, 9.17) is 4.74 Å². The van der Waals surface area contributed by atoms with Gasteiger partial charge in [-0.2, -0.15) is 11.8 Å². The zero-order chi connectivity index (χ0) is 8.10. The summed E-state index contributed by atoms with van der Waals surface area (Å²) < 4.78 is 5.29. The Morgan fingerprint density at radius 2 is 2.64 bits per heavy atom. The molecule has 0 saturated carbocycles. The summed E-state index contributed by atoms with van der Waals surface area (Å²) in [6, 6.07) is 0. The number of rotatable bonds is 3. The lowest BCUT2D eigenvalue weighted by atomic mass is 10.2. The molecule has 0 aromatic heterocycles. The van der Waals surface area contributed by atoms with E-state index >= 15 is 0 Å². The van der Waals surface area contributed by atoms with Crippen LogP contribution < -0.4 is 0 Å². The molecule has 1 unspecified atom stereocenters. The van der Waals surface area contributed by atoms with Crippen LogP contribution >= 0.6 is 11.8 Å². The van der Waals surface area contributed by atoms with Gasteiger partial charge in [0, 0.05) is 5.75 Å². The topological polar surface area (TPSA) is 29.5 Å². The molecule has 0 fully saturated rings. The molecule has 1 heterocycles. The van der Waals surface area contributed by atoms with E-state index < -0.39 is 6.10 Å². The van der Waals surface area contributed by atoms with Crippen molar-refractivity contribution < 1.29 is 9.84 Å². The highest BCUT2D eigenvalue weighted by Crippen LogP contribution is 2.15. The molecule has 0 aromatic rings. The van der Waals surface area contributed by atoms with Crippen molar-refractivity contribution >= 4 is 11.8 Å². The minimum atomic E-state index is -0.398. The van der Waals surface area contributed by atoms with Gasteiger partial charge in [-0.3, -0.25) is 0 Å². The number of aliphatic hydroxyl groups excluding tert-OH is 1. The average molecular weight is 174 g/mol. The summed E-state index contributed by atoms with van der Waals surface area (Å²) in [4.78, 5) is 0. The van der Waals surface area contributed by atoms with E-state index in [0.717, 1.165) is 31.0 Å². The van der Waals surface area contributed by atoms with Gasteiger partial charge in [-0.25, -0.2) is 0 Å². The molecule has 2 nitrogen and oxygen atoms in total. The number of thioether (sulfide) groups is 1. The van der Waals surface area contributed by atoms with Gasteiger partial charge in [-0.1, -0.05) is 0 Å². The molecule has 0 spiro atoms. The fraction of sp³-hybridized carbons (Fsp3) is 0.750. The van der Waals surface area contributed by atoms with Gasteiger partial charge in [0.2, 0.25) is 0 Å². The van der Waals surface area contributed by atoms with E-state index in [1.54, 1.807) is 11.8 Å². The monoisotopic (exact) mass is 174 g/mol. The third kappa shape index (κ3) is 2.75. The summed E-state index contributed by atoms with van der Waals surface area (Å²) in [5.41, 5.74) is 0. The molecule has 0 amide bonds. The van der Waals surface area contributed by atoms with Crippen molar-refractivity contribution in [2.75, 3.05) is 18.6 Å². The maximum absolute atomic E-state index is 9.46. The van der Waals surface area contributed by atoms with Gasteiger partial charge in [-0.15, -0.1) is 0 Å². The second-order valence-electron chi connectivity index (χ2n) is 2.57. The number of ether oxygens (including phenoxy) is 1. The van der Waals surface area contributed by atoms with Gasteiger partial charge >= 0.3 is 0 Å². The van der Waals surface area contributed by atoms with Crippen LogP contribution in [0.4, 0.5) is 0 Å². The van der Waals surface area contributed by atoms with E-state index in [1.807, 2.05) is 12.3 Å². The van der Waals surface area contributed by atoms with E-state index in [9.17, 15) is 5.11 Å². The molecule has 11 heavy (non-hydrogen) atoms. The highest BCUT2D eigenvalue weighted by molar-refractivity contribution is 7.98. The Labute approximate surface area is 71.6 Å². The minimum absolute atomic E-state index is 0.398. The van der Waals surface area contributed by atoms with Crippen LogP contribution in [0, 0.1) is 0 Å². The summed E-state index contributed by atoms with van der Waals surface area (Å²) in [6.45, 7) is 0.761. The second-order valence-corrected chi connectivity index (χ2v) is 3.48. The van der Waals surface area contributed by atoms with Crippen molar-refractivity contribution in [3.05, 3.63) is 11.8 Å². The number of hydrogen-bond donors (Lipinski definition) is 1. The molecular weight excluding hydrogens is 160 g/mol. The summed E-state index contributed by atoms with van der Waals surface area (Å²) in [6.07, 6.45) is 5.69. The van der Waals surface area contributed by atoms with Crippen LogP contribution in [0.5, 0.6) is 0 Å². The summed E-state index contributed by atoms with van der Waals surface area (Å²) in [5.74, 6) is 1.50. The fourth-order valence-corrected chi connectivity index (χ4v) is 1.53. The van der Waals surface area contributed by atoms with E-state index in [1.165, 1.54) is 0 Å². The quantitative estimate of drug-likeness (QED) is 0.701. The average Bonchev–Trinajstić information content (AvgIpc) is 2.07. The fourth-order valence-electron chi connectivity index (χ4n) is 1.05. The summed E-state index contributed by atoms with van der Waals surface area (Å²) in [7, 11) is 0. The highest BCUT2D eigenvalue weighted by atomic mass is 32.2. The predicted molar refractivity (Wildman–Crippen MR) is 47.7 cm³/mol. The molecule has 64 valence electrons. The molecule has 0 bridgehead atoms. The van der Waals surface area contributed by atoms with Gasteiger partial charge in [-0.05, 0) is 25.2 Å². The van der Waals surface area contributed by atoms with Gasteiger partial charge < -0.3 is 9.84 Å². The van der Waals surface area contributed by atoms with Gasteiger partial charge in [0.05, 0.1) is 6.61 Å². The molecule has 1 N–H and O–H groups in total. The van der Waals surface area contributed by atoms with Crippen LogP contribution in [0.3, 0.4) is 0 Å². The van der Waals surface area contributed by atoms with Crippen LogP contribution in [0.15, 0.2) is 11.8 Å². The maximum atomic E-state index is 9.46. The molecule has 1 aliphatic heterocycles. The van der Waals surface area contributed by atoms with Crippen molar-refractivity contribution in [3.63, 3.8) is 0 Å². The lowest BCUT2D eigenvalue weighted by Gasteiger charge is -2.18. The molecule has 0 saturated heterocycles. The summed E-state index contributed by atoms with van der Waals surface area (Å²) in [5, 5.41) is 9.46. The first-order valence-electron chi connectivity index (χ1n) is 3.84. The van der Waals surface area contributed by atoms with E-state index in [0.29, 0.717) is 0 Å². The number of allylic oxidation sites excluding steroid dienone is 1. The Balaban J connectivity index is 2.37. The normalized spacial score (nSPS) is 20.4. The largest absolute Gasteiger partial charge is 0.495 e. The number of aliphatic hydroxyl groups is 1. The zero-order valence-corrected chi connectivity index (χ0v) is 7.56. The van der Waals surface area contributed by atoms with Gasteiger partial charge in [0.25, 0.3) is 0 Å². The molecule has 0 radical (unpaired) electrons. The van der Waals surface area contributed by atoms with Crippen molar-refractivity contribution in [1.82, 2.24) is 0 Å². The first-order chi connectivity index (χ1) is 5.34. The number of hydrogen-bond acceptors (Lipinski definition) is 3. The SMILES string of the molecule is CSCC(O)C1=CCCCO1. The van der Waals surface area contributed by atoms with Crippen LogP contribution in [-0.4, -0.2) is 29.8 Å². The Morgan fingerprint density at radius 3 is 3.18 bits per heavy atom. The van der Waals surface area contributed by atoms with Crippen LogP contribution in [0.1, 0.15) is 12.8 Å². The summed E-state index contributed by atoms with van der Waals surface area (Å²) >= 11 is 1.63. The van der Waals surface area contributed by atoms with Crippen molar-refractivity contribution in [2.24, 2.45) is 0 Å².